The Labute approximate surface area is 164 Å². The van der Waals surface area contributed by atoms with Crippen LogP contribution in [0.25, 0.3) is 0 Å². The number of hydrogen-bond acceptors (Lipinski definition) is 4. The fourth-order valence-electron chi connectivity index (χ4n) is 5.58. The van der Waals surface area contributed by atoms with Gasteiger partial charge in [0.2, 0.25) is 0 Å². The average molecular weight is 378 g/mol. The summed E-state index contributed by atoms with van der Waals surface area (Å²) in [5, 5.41) is 9.74. The molecule has 1 heterocycles. The monoisotopic (exact) mass is 377 g/mol. The van der Waals surface area contributed by atoms with Crippen LogP contribution in [0.4, 0.5) is 0 Å². The minimum Gasteiger partial charge on any atom is -0.394 e. The largest absolute Gasteiger partial charge is 0.394 e. The average Bonchev–Trinajstić information content (AvgIpc) is 2.94. The molecule has 0 spiro atoms. The number of carbonyl (C=O) groups excluding carboxylic acids is 1. The van der Waals surface area contributed by atoms with Crippen molar-refractivity contribution in [1.82, 2.24) is 4.90 Å². The zero-order valence-electron chi connectivity index (χ0n) is 17.2. The molecule has 0 aromatic heterocycles. The van der Waals surface area contributed by atoms with Crippen LogP contribution in [0.2, 0.25) is 0 Å². The van der Waals surface area contributed by atoms with Gasteiger partial charge in [0.25, 0.3) is 5.91 Å². The molecule has 2 saturated carbocycles. The van der Waals surface area contributed by atoms with Gasteiger partial charge < -0.3 is 10.8 Å². The molecule has 0 saturated heterocycles. The van der Waals surface area contributed by atoms with Crippen molar-refractivity contribution >= 4 is 11.9 Å². The number of aliphatic imine (C=N–C) groups is 1. The predicted octanol–water partition coefficient (Wildman–Crippen LogP) is 3.98. The predicted molar refractivity (Wildman–Crippen MR) is 109 cm³/mol. The van der Waals surface area contributed by atoms with Gasteiger partial charge in [0, 0.05) is 0 Å². The third-order valence-corrected chi connectivity index (χ3v) is 7.28. The minimum absolute atomic E-state index is 0.0550. The second-order valence-corrected chi connectivity index (χ2v) is 9.17. The Kier molecular flexibility index (Phi) is 7.18. The van der Waals surface area contributed by atoms with Crippen molar-refractivity contribution in [1.29, 1.82) is 0 Å². The van der Waals surface area contributed by atoms with E-state index in [0.29, 0.717) is 18.3 Å². The second-order valence-electron chi connectivity index (χ2n) is 9.17. The maximum absolute atomic E-state index is 13.6. The molecule has 1 amide bonds. The lowest BCUT2D eigenvalue weighted by atomic mass is 9.75. The molecule has 3 rings (SSSR count). The van der Waals surface area contributed by atoms with Crippen LogP contribution in [0, 0.1) is 11.8 Å². The molecule has 0 aromatic rings. The van der Waals surface area contributed by atoms with Gasteiger partial charge in [0.15, 0.2) is 5.96 Å². The van der Waals surface area contributed by atoms with Crippen molar-refractivity contribution in [3.8, 4) is 0 Å². The van der Waals surface area contributed by atoms with Gasteiger partial charge in [-0.25, -0.2) is 4.99 Å². The summed E-state index contributed by atoms with van der Waals surface area (Å²) in [5.74, 6) is 1.71. The Morgan fingerprint density at radius 3 is 2.26 bits per heavy atom. The maximum atomic E-state index is 13.6. The first kappa shape index (κ1) is 20.6. The number of carbonyl (C=O) groups is 1. The van der Waals surface area contributed by atoms with Gasteiger partial charge in [-0.05, 0) is 37.5 Å². The summed E-state index contributed by atoms with van der Waals surface area (Å²) in [6, 6.07) is -0.246. The highest BCUT2D eigenvalue weighted by atomic mass is 16.3. The lowest BCUT2D eigenvalue weighted by Gasteiger charge is -2.34. The first-order chi connectivity index (χ1) is 13.1. The van der Waals surface area contributed by atoms with Crippen LogP contribution in [-0.4, -0.2) is 40.1 Å². The summed E-state index contributed by atoms with van der Waals surface area (Å²) in [5.41, 5.74) is 5.58. The standard InChI is InChI=1S/C22H39N3O2/c1-2-19(16-26)25-20(27)22(24-21(25)23,15-18-11-7-4-8-12-18)14-13-17-9-5-3-6-10-17/h17-19,26H,2-16H2,1H3,(H2,23,24). The topological polar surface area (TPSA) is 78.9 Å². The van der Waals surface area contributed by atoms with Gasteiger partial charge in [-0.15, -0.1) is 0 Å². The molecule has 1 aliphatic heterocycles. The smallest absolute Gasteiger partial charge is 0.257 e. The molecule has 3 N–H and O–H groups in total. The number of amides is 1. The molecule has 2 fully saturated rings. The third-order valence-electron chi connectivity index (χ3n) is 7.28. The van der Waals surface area contributed by atoms with E-state index in [0.717, 1.165) is 25.2 Å². The highest BCUT2D eigenvalue weighted by Crippen LogP contribution is 2.41. The summed E-state index contributed by atoms with van der Waals surface area (Å²) in [7, 11) is 0. The van der Waals surface area contributed by atoms with E-state index in [1.54, 1.807) is 4.90 Å². The molecule has 2 atom stereocenters. The number of aliphatic hydroxyl groups is 1. The third kappa shape index (κ3) is 4.67. The highest BCUT2D eigenvalue weighted by Gasteiger charge is 2.50. The molecular formula is C22H39N3O2. The Bertz CT molecular complexity index is 520. The summed E-state index contributed by atoms with van der Waals surface area (Å²) in [6.07, 6.45) is 16.3. The molecule has 0 radical (unpaired) electrons. The number of guanidine groups is 1. The van der Waals surface area contributed by atoms with Gasteiger partial charge in [0.05, 0.1) is 12.6 Å². The number of hydrogen-bond donors (Lipinski definition) is 2. The maximum Gasteiger partial charge on any atom is 0.257 e. The lowest BCUT2D eigenvalue weighted by Crippen LogP contribution is -2.51. The Balaban J connectivity index is 1.77. The quantitative estimate of drug-likeness (QED) is 0.671. The van der Waals surface area contributed by atoms with E-state index in [4.69, 9.17) is 10.7 Å². The summed E-state index contributed by atoms with van der Waals surface area (Å²) >= 11 is 0. The SMILES string of the molecule is CCC(CO)N1C(=O)C(CCC2CCCCC2)(CC2CCCCC2)N=C1N. The van der Waals surface area contributed by atoms with E-state index >= 15 is 0 Å². The van der Waals surface area contributed by atoms with Crippen molar-refractivity contribution in [2.45, 2.75) is 108 Å². The van der Waals surface area contributed by atoms with Crippen LogP contribution >= 0.6 is 0 Å². The summed E-state index contributed by atoms with van der Waals surface area (Å²) in [6.45, 7) is 1.94. The highest BCUT2D eigenvalue weighted by molar-refractivity contribution is 6.07. The Morgan fingerprint density at radius 2 is 1.70 bits per heavy atom. The van der Waals surface area contributed by atoms with Crippen molar-refractivity contribution in [3.63, 3.8) is 0 Å². The normalized spacial score (nSPS) is 29.2. The number of aliphatic hydroxyl groups excluding tert-OH is 1. The Hall–Kier alpha value is -1.10. The van der Waals surface area contributed by atoms with Crippen molar-refractivity contribution < 1.29 is 9.90 Å². The van der Waals surface area contributed by atoms with Gasteiger partial charge in [-0.3, -0.25) is 9.69 Å². The van der Waals surface area contributed by atoms with E-state index in [-0.39, 0.29) is 18.6 Å². The molecule has 5 heteroatoms. The molecule has 2 aliphatic carbocycles. The van der Waals surface area contributed by atoms with Gasteiger partial charge >= 0.3 is 0 Å². The van der Waals surface area contributed by atoms with Crippen molar-refractivity contribution in [2.24, 2.45) is 22.6 Å². The van der Waals surface area contributed by atoms with Gasteiger partial charge in [-0.1, -0.05) is 71.1 Å². The van der Waals surface area contributed by atoms with Crippen molar-refractivity contribution in [2.75, 3.05) is 6.61 Å². The zero-order valence-corrected chi connectivity index (χ0v) is 17.2. The molecule has 3 aliphatic rings. The first-order valence-electron chi connectivity index (χ1n) is 11.4. The van der Waals surface area contributed by atoms with Crippen LogP contribution < -0.4 is 5.73 Å². The summed E-state index contributed by atoms with van der Waals surface area (Å²) in [4.78, 5) is 20.0. The van der Waals surface area contributed by atoms with E-state index in [9.17, 15) is 9.90 Å². The van der Waals surface area contributed by atoms with E-state index in [1.807, 2.05) is 6.92 Å². The lowest BCUT2D eigenvalue weighted by molar-refractivity contribution is -0.134. The van der Waals surface area contributed by atoms with Crippen LogP contribution in [0.3, 0.4) is 0 Å². The molecular weight excluding hydrogens is 338 g/mol. The number of nitrogens with two attached hydrogens (primary N) is 1. The van der Waals surface area contributed by atoms with Crippen LogP contribution in [0.1, 0.15) is 96.8 Å². The molecule has 27 heavy (non-hydrogen) atoms. The molecule has 2 unspecified atom stereocenters. The van der Waals surface area contributed by atoms with Crippen molar-refractivity contribution in [3.05, 3.63) is 0 Å². The molecule has 154 valence electrons. The second kappa shape index (κ2) is 9.40. The van der Waals surface area contributed by atoms with Crippen LogP contribution in [0.5, 0.6) is 0 Å². The summed E-state index contributed by atoms with van der Waals surface area (Å²) < 4.78 is 0. The fraction of sp³-hybridized carbons (Fsp3) is 0.909. The zero-order chi connectivity index (χ0) is 19.3. The van der Waals surface area contributed by atoms with Gasteiger partial charge in [-0.2, -0.15) is 0 Å². The molecule has 0 bridgehead atoms. The van der Waals surface area contributed by atoms with E-state index in [1.165, 1.54) is 64.2 Å². The minimum atomic E-state index is -0.674. The van der Waals surface area contributed by atoms with Crippen LogP contribution in [0.15, 0.2) is 4.99 Å². The van der Waals surface area contributed by atoms with Crippen LogP contribution in [-0.2, 0) is 4.79 Å². The van der Waals surface area contributed by atoms with E-state index < -0.39 is 5.54 Å². The fourth-order valence-corrected chi connectivity index (χ4v) is 5.58. The number of rotatable bonds is 8. The first-order valence-corrected chi connectivity index (χ1v) is 11.4. The number of nitrogens with zero attached hydrogens (tertiary/aromatic N) is 2. The van der Waals surface area contributed by atoms with Gasteiger partial charge in [0.1, 0.15) is 5.54 Å². The Morgan fingerprint density at radius 1 is 1.11 bits per heavy atom. The van der Waals surface area contributed by atoms with E-state index in [2.05, 4.69) is 0 Å². The molecule has 0 aromatic carbocycles. The molecule has 5 nitrogen and oxygen atoms in total.